The Bertz CT molecular complexity index is 733. The Morgan fingerprint density at radius 2 is 2.25 bits per heavy atom. The standard InChI is InChI=1S/C13H11N5O2/c1-9-8-11(20-17-9)13(19)16-10-4-2-5-14-12(10)18-7-3-6-15-18/h2-8H,1H3,(H,16,19). The SMILES string of the molecule is Cc1cc(C(=O)Nc2cccnc2-n2cccn2)on1. The summed E-state index contributed by atoms with van der Waals surface area (Å²) in [6, 6.07) is 6.82. The quantitative estimate of drug-likeness (QED) is 0.783. The van der Waals surface area contributed by atoms with Crippen LogP contribution in [0.5, 0.6) is 0 Å². The third kappa shape index (κ3) is 2.28. The number of carbonyl (C=O) groups is 1. The molecule has 0 spiro atoms. The van der Waals surface area contributed by atoms with Crippen LogP contribution in [0.2, 0.25) is 0 Å². The molecule has 0 aliphatic carbocycles. The number of aryl methyl sites for hydroxylation is 1. The van der Waals surface area contributed by atoms with Crippen molar-refractivity contribution in [3.05, 3.63) is 54.3 Å². The van der Waals surface area contributed by atoms with Crippen molar-refractivity contribution in [1.29, 1.82) is 0 Å². The van der Waals surface area contributed by atoms with Crippen LogP contribution in [-0.2, 0) is 0 Å². The highest BCUT2D eigenvalue weighted by atomic mass is 16.5. The van der Waals surface area contributed by atoms with E-state index in [1.807, 2.05) is 0 Å². The first kappa shape index (κ1) is 12.1. The molecule has 7 heteroatoms. The molecular formula is C13H11N5O2. The van der Waals surface area contributed by atoms with Crippen LogP contribution >= 0.6 is 0 Å². The molecule has 0 radical (unpaired) electrons. The minimum Gasteiger partial charge on any atom is -0.351 e. The number of nitrogens with zero attached hydrogens (tertiary/aromatic N) is 4. The highest BCUT2D eigenvalue weighted by Crippen LogP contribution is 2.17. The van der Waals surface area contributed by atoms with Gasteiger partial charge in [-0.2, -0.15) is 5.10 Å². The predicted molar refractivity (Wildman–Crippen MR) is 70.6 cm³/mol. The number of anilines is 1. The number of hydrogen-bond donors (Lipinski definition) is 1. The van der Waals surface area contributed by atoms with E-state index in [0.717, 1.165) is 0 Å². The molecule has 0 aromatic carbocycles. The average molecular weight is 269 g/mol. The van der Waals surface area contributed by atoms with Crippen molar-refractivity contribution in [2.45, 2.75) is 6.92 Å². The molecule has 100 valence electrons. The normalized spacial score (nSPS) is 10.4. The lowest BCUT2D eigenvalue weighted by molar-refractivity contribution is 0.0988. The van der Waals surface area contributed by atoms with Crippen molar-refractivity contribution in [3.63, 3.8) is 0 Å². The van der Waals surface area contributed by atoms with Gasteiger partial charge in [-0.1, -0.05) is 5.16 Å². The van der Waals surface area contributed by atoms with Gasteiger partial charge in [-0.05, 0) is 25.1 Å². The number of amides is 1. The largest absolute Gasteiger partial charge is 0.351 e. The van der Waals surface area contributed by atoms with Crippen LogP contribution < -0.4 is 5.32 Å². The summed E-state index contributed by atoms with van der Waals surface area (Å²) >= 11 is 0. The van der Waals surface area contributed by atoms with Crippen LogP contribution in [0.25, 0.3) is 5.82 Å². The van der Waals surface area contributed by atoms with Gasteiger partial charge in [-0.3, -0.25) is 4.79 Å². The predicted octanol–water partition coefficient (Wildman–Crippen LogP) is 1.82. The van der Waals surface area contributed by atoms with Crippen molar-refractivity contribution < 1.29 is 9.32 Å². The zero-order chi connectivity index (χ0) is 13.9. The summed E-state index contributed by atoms with van der Waals surface area (Å²) < 4.78 is 6.49. The van der Waals surface area contributed by atoms with Gasteiger partial charge >= 0.3 is 0 Å². The summed E-state index contributed by atoms with van der Waals surface area (Å²) in [6.07, 6.45) is 5.02. The van der Waals surface area contributed by atoms with Gasteiger partial charge in [0.2, 0.25) is 5.76 Å². The maximum atomic E-state index is 12.0. The van der Waals surface area contributed by atoms with Crippen molar-refractivity contribution in [1.82, 2.24) is 19.9 Å². The highest BCUT2D eigenvalue weighted by molar-refractivity contribution is 6.03. The number of carbonyl (C=O) groups excluding carboxylic acids is 1. The average Bonchev–Trinajstić information content (AvgIpc) is 3.10. The first-order valence-corrected chi connectivity index (χ1v) is 5.94. The van der Waals surface area contributed by atoms with E-state index in [9.17, 15) is 4.79 Å². The van der Waals surface area contributed by atoms with Crippen molar-refractivity contribution >= 4 is 11.6 Å². The van der Waals surface area contributed by atoms with E-state index in [4.69, 9.17) is 4.52 Å². The second kappa shape index (κ2) is 4.96. The molecule has 1 amide bonds. The maximum Gasteiger partial charge on any atom is 0.294 e. The molecule has 0 saturated carbocycles. The van der Waals surface area contributed by atoms with E-state index < -0.39 is 0 Å². The summed E-state index contributed by atoms with van der Waals surface area (Å²) in [5, 5.41) is 10.5. The summed E-state index contributed by atoms with van der Waals surface area (Å²) in [6.45, 7) is 1.75. The van der Waals surface area contributed by atoms with Gasteiger partial charge in [-0.25, -0.2) is 9.67 Å². The van der Waals surface area contributed by atoms with Gasteiger partial charge in [0.05, 0.1) is 11.4 Å². The molecule has 0 saturated heterocycles. The highest BCUT2D eigenvalue weighted by Gasteiger charge is 2.14. The van der Waals surface area contributed by atoms with E-state index in [0.29, 0.717) is 17.2 Å². The fourth-order valence-corrected chi connectivity index (χ4v) is 1.73. The van der Waals surface area contributed by atoms with E-state index >= 15 is 0 Å². The van der Waals surface area contributed by atoms with Gasteiger partial charge in [0, 0.05) is 24.7 Å². The lowest BCUT2D eigenvalue weighted by Crippen LogP contribution is -2.14. The van der Waals surface area contributed by atoms with Gasteiger partial charge in [0.15, 0.2) is 5.82 Å². The smallest absolute Gasteiger partial charge is 0.294 e. The number of hydrogen-bond acceptors (Lipinski definition) is 5. The molecule has 3 heterocycles. The first-order chi connectivity index (χ1) is 9.74. The minimum absolute atomic E-state index is 0.151. The van der Waals surface area contributed by atoms with E-state index in [-0.39, 0.29) is 11.7 Å². The lowest BCUT2D eigenvalue weighted by atomic mass is 10.3. The Labute approximate surface area is 114 Å². The zero-order valence-corrected chi connectivity index (χ0v) is 10.6. The van der Waals surface area contributed by atoms with E-state index in [1.165, 1.54) is 0 Å². The first-order valence-electron chi connectivity index (χ1n) is 5.94. The number of aromatic nitrogens is 4. The molecule has 0 aliphatic rings. The van der Waals surface area contributed by atoms with Gasteiger partial charge < -0.3 is 9.84 Å². The van der Waals surface area contributed by atoms with Crippen molar-refractivity contribution in [2.24, 2.45) is 0 Å². The van der Waals surface area contributed by atoms with E-state index in [2.05, 4.69) is 20.6 Å². The summed E-state index contributed by atoms with van der Waals surface area (Å²) in [7, 11) is 0. The summed E-state index contributed by atoms with van der Waals surface area (Å²) in [5.41, 5.74) is 1.18. The molecule has 3 aromatic rings. The molecule has 20 heavy (non-hydrogen) atoms. The number of pyridine rings is 1. The molecule has 7 nitrogen and oxygen atoms in total. The van der Waals surface area contributed by atoms with Crippen LogP contribution in [0, 0.1) is 6.92 Å². The molecule has 0 unspecified atom stereocenters. The van der Waals surface area contributed by atoms with Gasteiger partial charge in [-0.15, -0.1) is 0 Å². The zero-order valence-electron chi connectivity index (χ0n) is 10.6. The lowest BCUT2D eigenvalue weighted by Gasteiger charge is -2.08. The molecule has 3 aromatic heterocycles. The maximum absolute atomic E-state index is 12.0. The Morgan fingerprint density at radius 3 is 2.95 bits per heavy atom. The molecule has 0 fully saturated rings. The molecule has 3 rings (SSSR count). The summed E-state index contributed by atoms with van der Waals surface area (Å²) in [5.74, 6) is 0.298. The van der Waals surface area contributed by atoms with Crippen molar-refractivity contribution in [3.8, 4) is 5.82 Å². The molecular weight excluding hydrogens is 258 g/mol. The molecule has 0 aliphatic heterocycles. The minimum atomic E-state index is -0.382. The van der Waals surface area contributed by atoms with Crippen LogP contribution in [0.15, 0.2) is 47.4 Å². The van der Waals surface area contributed by atoms with Gasteiger partial charge in [0.1, 0.15) is 0 Å². The monoisotopic (exact) mass is 269 g/mol. The van der Waals surface area contributed by atoms with E-state index in [1.54, 1.807) is 54.5 Å². The third-order valence-electron chi connectivity index (χ3n) is 2.61. The van der Waals surface area contributed by atoms with Gasteiger partial charge in [0.25, 0.3) is 5.91 Å². The fourth-order valence-electron chi connectivity index (χ4n) is 1.73. The summed E-state index contributed by atoms with van der Waals surface area (Å²) in [4.78, 5) is 16.3. The topological polar surface area (TPSA) is 85.8 Å². The Hall–Kier alpha value is -2.96. The second-order valence-corrected chi connectivity index (χ2v) is 4.11. The molecule has 1 N–H and O–H groups in total. The van der Waals surface area contributed by atoms with Crippen LogP contribution in [0.3, 0.4) is 0 Å². The Morgan fingerprint density at radius 1 is 1.35 bits per heavy atom. The second-order valence-electron chi connectivity index (χ2n) is 4.11. The number of nitrogens with one attached hydrogen (secondary N) is 1. The Kier molecular flexibility index (Phi) is 3.00. The fraction of sp³-hybridized carbons (Fsp3) is 0.0769. The van der Waals surface area contributed by atoms with Crippen LogP contribution in [0.4, 0.5) is 5.69 Å². The molecule has 0 bridgehead atoms. The number of rotatable bonds is 3. The van der Waals surface area contributed by atoms with Crippen LogP contribution in [0.1, 0.15) is 16.2 Å². The molecule has 0 atom stereocenters. The Balaban J connectivity index is 1.90. The van der Waals surface area contributed by atoms with Crippen LogP contribution in [-0.4, -0.2) is 25.8 Å². The third-order valence-corrected chi connectivity index (χ3v) is 2.61. The van der Waals surface area contributed by atoms with Crippen molar-refractivity contribution in [2.75, 3.05) is 5.32 Å².